The van der Waals surface area contributed by atoms with E-state index in [1.54, 1.807) is 0 Å². The van der Waals surface area contributed by atoms with Gasteiger partial charge < -0.3 is 0 Å². The molecule has 1 atom stereocenters. The minimum atomic E-state index is -4.55. The van der Waals surface area contributed by atoms with Gasteiger partial charge in [-0.3, -0.25) is 4.21 Å². The largest absolute Gasteiger partial charge is 0.400 e. The van der Waals surface area contributed by atoms with E-state index in [9.17, 15) is 21.8 Å². The van der Waals surface area contributed by atoms with Gasteiger partial charge in [-0.05, 0) is 12.1 Å². The van der Waals surface area contributed by atoms with Gasteiger partial charge in [0.05, 0.1) is 15.7 Å². The molecule has 1 nitrogen and oxygen atoms in total. The molecule has 1 rings (SSSR count). The first-order chi connectivity index (χ1) is 6.40. The second-order valence-corrected chi connectivity index (χ2v) is 3.96. The Bertz CT molecular complexity index is 347. The number of hydrogen-bond acceptors (Lipinski definition) is 1. The molecule has 0 aliphatic heterocycles. The van der Waals surface area contributed by atoms with Crippen molar-refractivity contribution in [3.8, 4) is 0 Å². The van der Waals surface area contributed by atoms with Gasteiger partial charge >= 0.3 is 6.18 Å². The van der Waals surface area contributed by atoms with Crippen LogP contribution in [0.25, 0.3) is 0 Å². The van der Waals surface area contributed by atoms with Gasteiger partial charge in [-0.2, -0.15) is 13.2 Å². The fourth-order valence-electron chi connectivity index (χ4n) is 0.856. The van der Waals surface area contributed by atoms with Crippen molar-refractivity contribution in [3.05, 3.63) is 30.1 Å². The van der Waals surface area contributed by atoms with Crippen LogP contribution < -0.4 is 0 Å². The molecule has 0 amide bonds. The zero-order valence-electron chi connectivity index (χ0n) is 6.84. The van der Waals surface area contributed by atoms with E-state index < -0.39 is 33.4 Å². The molecule has 1 unspecified atom stereocenters. The summed E-state index contributed by atoms with van der Waals surface area (Å²) < 4.78 is 59.3. The third-order valence-corrected chi connectivity index (χ3v) is 2.79. The first-order valence-electron chi connectivity index (χ1n) is 3.60. The van der Waals surface area contributed by atoms with Crippen molar-refractivity contribution in [1.29, 1.82) is 0 Å². The van der Waals surface area contributed by atoms with Crippen LogP contribution in [0.4, 0.5) is 17.6 Å². The van der Waals surface area contributed by atoms with Crippen LogP contribution in [-0.2, 0) is 10.8 Å². The fourth-order valence-corrected chi connectivity index (χ4v) is 1.82. The van der Waals surface area contributed by atoms with Gasteiger partial charge in [0.25, 0.3) is 0 Å². The van der Waals surface area contributed by atoms with Crippen molar-refractivity contribution < 1.29 is 21.8 Å². The standard InChI is InChI=1S/C8H6F4OS/c9-6-3-1-2-4-7(6)14(13)5-8(10,11)12/h1-4H,5H2. The topological polar surface area (TPSA) is 17.1 Å². The van der Waals surface area contributed by atoms with Gasteiger partial charge in [-0.1, -0.05) is 12.1 Å². The number of halogens is 4. The van der Waals surface area contributed by atoms with Crippen LogP contribution in [-0.4, -0.2) is 16.1 Å². The second kappa shape index (κ2) is 4.08. The molecule has 6 heteroatoms. The zero-order chi connectivity index (χ0) is 10.8. The van der Waals surface area contributed by atoms with Gasteiger partial charge in [0.15, 0.2) is 0 Å². The summed E-state index contributed by atoms with van der Waals surface area (Å²) >= 11 is 0. The van der Waals surface area contributed by atoms with Crippen LogP contribution in [0.3, 0.4) is 0 Å². The summed E-state index contributed by atoms with van der Waals surface area (Å²) in [5.74, 6) is -2.40. The second-order valence-electron chi connectivity index (χ2n) is 2.54. The zero-order valence-corrected chi connectivity index (χ0v) is 7.66. The van der Waals surface area contributed by atoms with Gasteiger partial charge in [0.2, 0.25) is 0 Å². The van der Waals surface area contributed by atoms with E-state index in [1.165, 1.54) is 12.1 Å². The maximum atomic E-state index is 12.9. The SMILES string of the molecule is O=S(CC(F)(F)F)c1ccccc1F. The van der Waals surface area contributed by atoms with Crippen molar-refractivity contribution in [2.24, 2.45) is 0 Å². The number of benzene rings is 1. The lowest BCUT2D eigenvalue weighted by molar-refractivity contribution is -0.105. The summed E-state index contributed by atoms with van der Waals surface area (Å²) in [5.41, 5.74) is 0. The van der Waals surface area contributed by atoms with Gasteiger partial charge in [-0.15, -0.1) is 0 Å². The molecule has 1 aromatic rings. The summed E-state index contributed by atoms with van der Waals surface area (Å²) in [6.07, 6.45) is -4.55. The minimum Gasteiger partial charge on any atom is -0.254 e. The first kappa shape index (κ1) is 11.2. The van der Waals surface area contributed by atoms with Crippen LogP contribution in [0.15, 0.2) is 29.2 Å². The molecule has 0 saturated carbocycles. The molecular formula is C8H6F4OS. The lowest BCUT2D eigenvalue weighted by Crippen LogP contribution is -2.19. The van der Waals surface area contributed by atoms with Crippen molar-refractivity contribution in [2.45, 2.75) is 11.1 Å². The Labute approximate surface area is 80.2 Å². The van der Waals surface area contributed by atoms with Crippen LogP contribution in [0.5, 0.6) is 0 Å². The molecule has 0 aliphatic carbocycles. The molecule has 0 aliphatic rings. The Morgan fingerprint density at radius 2 is 1.79 bits per heavy atom. The Kier molecular flexibility index (Phi) is 3.25. The van der Waals surface area contributed by atoms with E-state index in [4.69, 9.17) is 0 Å². The van der Waals surface area contributed by atoms with Crippen molar-refractivity contribution in [3.63, 3.8) is 0 Å². The first-order valence-corrected chi connectivity index (χ1v) is 4.92. The summed E-state index contributed by atoms with van der Waals surface area (Å²) in [6, 6.07) is 4.72. The van der Waals surface area contributed by atoms with Gasteiger partial charge in [0, 0.05) is 0 Å². The monoisotopic (exact) mass is 226 g/mol. The molecule has 0 radical (unpaired) electrons. The lowest BCUT2D eigenvalue weighted by atomic mass is 10.3. The van der Waals surface area contributed by atoms with Crippen molar-refractivity contribution in [1.82, 2.24) is 0 Å². The van der Waals surface area contributed by atoms with E-state index in [0.29, 0.717) is 0 Å². The number of hydrogen-bond donors (Lipinski definition) is 0. The molecular weight excluding hydrogens is 220 g/mol. The summed E-state index contributed by atoms with van der Waals surface area (Å²) in [4.78, 5) is -0.412. The molecule has 0 heterocycles. The van der Waals surface area contributed by atoms with Crippen molar-refractivity contribution in [2.75, 3.05) is 5.75 Å². The molecule has 0 saturated heterocycles. The average Bonchev–Trinajstić information content (AvgIpc) is 2.01. The fraction of sp³-hybridized carbons (Fsp3) is 0.250. The van der Waals surface area contributed by atoms with E-state index in [1.807, 2.05) is 0 Å². The highest BCUT2D eigenvalue weighted by Gasteiger charge is 2.31. The Hall–Kier alpha value is -0.910. The summed E-state index contributed by atoms with van der Waals surface area (Å²) in [6.45, 7) is 0. The van der Waals surface area contributed by atoms with Gasteiger partial charge in [0.1, 0.15) is 11.6 Å². The molecule has 0 fully saturated rings. The van der Waals surface area contributed by atoms with Crippen molar-refractivity contribution >= 4 is 10.8 Å². The minimum absolute atomic E-state index is 0.412. The van der Waals surface area contributed by atoms with Crippen LogP contribution in [0.2, 0.25) is 0 Å². The van der Waals surface area contributed by atoms with Crippen LogP contribution >= 0.6 is 0 Å². The van der Waals surface area contributed by atoms with Crippen LogP contribution in [0, 0.1) is 5.82 Å². The normalized spacial score (nSPS) is 14.0. The quantitative estimate of drug-likeness (QED) is 0.708. The lowest BCUT2D eigenvalue weighted by Gasteiger charge is -2.06. The highest BCUT2D eigenvalue weighted by atomic mass is 32.2. The molecule has 1 aromatic carbocycles. The molecule has 0 bridgehead atoms. The molecule has 0 spiro atoms. The number of alkyl halides is 3. The highest BCUT2D eigenvalue weighted by Crippen LogP contribution is 2.20. The molecule has 14 heavy (non-hydrogen) atoms. The van der Waals surface area contributed by atoms with E-state index in [-0.39, 0.29) is 0 Å². The van der Waals surface area contributed by atoms with E-state index in [0.717, 1.165) is 12.1 Å². The highest BCUT2D eigenvalue weighted by molar-refractivity contribution is 7.85. The molecule has 0 N–H and O–H groups in total. The maximum Gasteiger partial charge on any atom is 0.400 e. The van der Waals surface area contributed by atoms with E-state index in [2.05, 4.69) is 0 Å². The van der Waals surface area contributed by atoms with Crippen LogP contribution in [0.1, 0.15) is 0 Å². The molecule has 0 aromatic heterocycles. The third kappa shape index (κ3) is 3.10. The Balaban J connectivity index is 2.86. The Morgan fingerprint density at radius 3 is 2.29 bits per heavy atom. The predicted molar refractivity (Wildman–Crippen MR) is 43.7 cm³/mol. The third-order valence-electron chi connectivity index (χ3n) is 1.38. The number of rotatable bonds is 2. The van der Waals surface area contributed by atoms with Gasteiger partial charge in [-0.25, -0.2) is 4.39 Å². The maximum absolute atomic E-state index is 12.9. The average molecular weight is 226 g/mol. The summed E-state index contributed by atoms with van der Waals surface area (Å²) in [7, 11) is -2.36. The summed E-state index contributed by atoms with van der Waals surface area (Å²) in [5, 5.41) is 0. The smallest absolute Gasteiger partial charge is 0.254 e. The Morgan fingerprint density at radius 1 is 1.21 bits per heavy atom. The van der Waals surface area contributed by atoms with E-state index >= 15 is 0 Å². The molecule has 78 valence electrons. The predicted octanol–water partition coefficient (Wildman–Crippen LogP) is 2.50.